The molecule has 0 spiro atoms. The van der Waals surface area contributed by atoms with Gasteiger partial charge in [-0.15, -0.1) is 13.2 Å². The molecule has 0 radical (unpaired) electrons. The van der Waals surface area contributed by atoms with Crippen molar-refractivity contribution < 1.29 is 33.8 Å². The number of carbonyl (C=O) groups is 4. The molecule has 4 N–H and O–H groups in total. The molecule has 1 aromatic rings. The summed E-state index contributed by atoms with van der Waals surface area (Å²) in [7, 11) is 0. The van der Waals surface area contributed by atoms with Gasteiger partial charge in [-0.25, -0.2) is 9.59 Å². The van der Waals surface area contributed by atoms with Gasteiger partial charge in [0.2, 0.25) is 11.8 Å². The standard InChI is InChI=1S/C29H41N3O7/c1-4-11-23(17-25(34)30-21(3)18-33)26(35)32-29(15-9-10-16-29)20-39-27(36)24(12-5-2)31-28(37)38-19-22-13-7-6-8-14-22/h4-8,13-14,21,23-24,33H,1-2,9-12,15-20H2,3H3,(H,30,34)(H,31,37)(H,32,35)/t21-,23+,24+/m0/s1. The number of hydrogen-bond donors (Lipinski definition) is 4. The Labute approximate surface area is 230 Å². The second kappa shape index (κ2) is 16.3. The summed E-state index contributed by atoms with van der Waals surface area (Å²) in [5.41, 5.74) is 0.0395. The van der Waals surface area contributed by atoms with Crippen LogP contribution < -0.4 is 16.0 Å². The van der Waals surface area contributed by atoms with Gasteiger partial charge in [0.25, 0.3) is 0 Å². The number of aliphatic hydroxyl groups excluding tert-OH is 1. The summed E-state index contributed by atoms with van der Waals surface area (Å²) in [4.78, 5) is 50.7. The fourth-order valence-electron chi connectivity index (χ4n) is 4.41. The summed E-state index contributed by atoms with van der Waals surface area (Å²) in [5.74, 6) is -1.99. The van der Waals surface area contributed by atoms with Crippen LogP contribution in [-0.4, -0.2) is 59.8 Å². The molecular weight excluding hydrogens is 502 g/mol. The second-order valence-corrected chi connectivity index (χ2v) is 9.94. The third kappa shape index (κ3) is 10.9. The Balaban J connectivity index is 1.97. The van der Waals surface area contributed by atoms with Crippen molar-refractivity contribution in [1.29, 1.82) is 0 Å². The SMILES string of the molecule is C=CC[C@H](CC(=O)N[C@@H](C)CO)C(=O)NC1(COC(=O)[C@@H](CC=C)NC(=O)OCc2ccccc2)CCCC1. The monoisotopic (exact) mass is 543 g/mol. The van der Waals surface area contributed by atoms with Gasteiger partial charge >= 0.3 is 12.1 Å². The van der Waals surface area contributed by atoms with E-state index in [1.807, 2.05) is 30.3 Å². The first-order valence-corrected chi connectivity index (χ1v) is 13.3. The number of ether oxygens (including phenoxy) is 2. The molecule has 0 aliphatic heterocycles. The predicted molar refractivity (Wildman–Crippen MR) is 146 cm³/mol. The number of alkyl carbamates (subject to hydrolysis) is 1. The molecule has 10 heteroatoms. The van der Waals surface area contributed by atoms with Gasteiger partial charge in [0.1, 0.15) is 19.3 Å². The molecule has 1 fully saturated rings. The molecule has 0 saturated heterocycles. The summed E-state index contributed by atoms with van der Waals surface area (Å²) in [6, 6.07) is 7.75. The second-order valence-electron chi connectivity index (χ2n) is 9.94. The van der Waals surface area contributed by atoms with Crippen LogP contribution >= 0.6 is 0 Å². The molecule has 1 aliphatic carbocycles. The molecule has 1 aromatic carbocycles. The molecule has 1 aliphatic rings. The van der Waals surface area contributed by atoms with Crippen molar-refractivity contribution in [2.45, 2.75) is 76.1 Å². The lowest BCUT2D eigenvalue weighted by Gasteiger charge is -2.32. The number of esters is 1. The highest BCUT2D eigenvalue weighted by atomic mass is 16.6. The highest BCUT2D eigenvalue weighted by Gasteiger charge is 2.39. The van der Waals surface area contributed by atoms with E-state index in [-0.39, 0.29) is 44.5 Å². The molecule has 2 rings (SSSR count). The maximum absolute atomic E-state index is 13.2. The molecule has 214 valence electrons. The third-order valence-corrected chi connectivity index (χ3v) is 6.57. The molecule has 10 nitrogen and oxygen atoms in total. The van der Waals surface area contributed by atoms with E-state index in [9.17, 15) is 19.2 Å². The number of rotatable bonds is 16. The van der Waals surface area contributed by atoms with Crippen LogP contribution in [0.15, 0.2) is 55.6 Å². The van der Waals surface area contributed by atoms with Crippen LogP contribution in [0.1, 0.15) is 57.4 Å². The zero-order valence-corrected chi connectivity index (χ0v) is 22.7. The van der Waals surface area contributed by atoms with Crippen LogP contribution in [0.3, 0.4) is 0 Å². The Kier molecular flexibility index (Phi) is 13.2. The van der Waals surface area contributed by atoms with Gasteiger partial charge in [-0.3, -0.25) is 9.59 Å². The van der Waals surface area contributed by atoms with Gasteiger partial charge in [0.05, 0.1) is 18.1 Å². The van der Waals surface area contributed by atoms with Crippen LogP contribution in [0, 0.1) is 5.92 Å². The number of nitrogens with one attached hydrogen (secondary N) is 3. The van der Waals surface area contributed by atoms with Gasteiger partial charge in [-0.2, -0.15) is 0 Å². The molecule has 39 heavy (non-hydrogen) atoms. The van der Waals surface area contributed by atoms with Crippen molar-refractivity contribution >= 4 is 23.9 Å². The van der Waals surface area contributed by atoms with E-state index < -0.39 is 35.6 Å². The van der Waals surface area contributed by atoms with Crippen molar-refractivity contribution in [2.24, 2.45) is 5.92 Å². The van der Waals surface area contributed by atoms with Crippen LogP contribution in [0.25, 0.3) is 0 Å². The average Bonchev–Trinajstić information content (AvgIpc) is 3.39. The van der Waals surface area contributed by atoms with E-state index in [1.54, 1.807) is 13.0 Å². The van der Waals surface area contributed by atoms with E-state index in [0.717, 1.165) is 18.4 Å². The Hall–Kier alpha value is -3.66. The third-order valence-electron chi connectivity index (χ3n) is 6.57. The van der Waals surface area contributed by atoms with Crippen LogP contribution in [0.2, 0.25) is 0 Å². The maximum atomic E-state index is 13.2. The lowest BCUT2D eigenvalue weighted by Crippen LogP contribution is -2.53. The van der Waals surface area contributed by atoms with Gasteiger partial charge < -0.3 is 30.5 Å². The normalized spacial score (nSPS) is 16.2. The molecule has 3 amide bonds. The number of benzene rings is 1. The predicted octanol–water partition coefficient (Wildman–Crippen LogP) is 2.91. The lowest BCUT2D eigenvalue weighted by molar-refractivity contribution is -0.149. The summed E-state index contributed by atoms with van der Waals surface area (Å²) in [6.45, 7) is 8.79. The van der Waals surface area contributed by atoms with Crippen molar-refractivity contribution in [2.75, 3.05) is 13.2 Å². The topological polar surface area (TPSA) is 143 Å². The minimum absolute atomic E-state index is 0.0560. The number of carbonyl (C=O) groups excluding carboxylic acids is 4. The highest BCUT2D eigenvalue weighted by Crippen LogP contribution is 2.31. The van der Waals surface area contributed by atoms with Crippen LogP contribution in [-0.2, 0) is 30.5 Å². The van der Waals surface area contributed by atoms with Crippen molar-refractivity contribution in [3.8, 4) is 0 Å². The van der Waals surface area contributed by atoms with Crippen molar-refractivity contribution in [3.63, 3.8) is 0 Å². The summed E-state index contributed by atoms with van der Waals surface area (Å²) in [5, 5.41) is 17.4. The van der Waals surface area contributed by atoms with E-state index in [1.165, 1.54) is 6.08 Å². The molecule has 3 atom stereocenters. The molecule has 0 heterocycles. The molecule has 1 saturated carbocycles. The largest absolute Gasteiger partial charge is 0.462 e. The Morgan fingerprint density at radius 2 is 1.69 bits per heavy atom. The van der Waals surface area contributed by atoms with E-state index in [0.29, 0.717) is 19.3 Å². The fourth-order valence-corrected chi connectivity index (χ4v) is 4.41. The summed E-state index contributed by atoms with van der Waals surface area (Å²) in [6.07, 6.45) is 5.60. The van der Waals surface area contributed by atoms with Crippen LogP contribution in [0.4, 0.5) is 4.79 Å². The fraction of sp³-hybridized carbons (Fsp3) is 0.517. The Morgan fingerprint density at radius 1 is 1.03 bits per heavy atom. The van der Waals surface area contributed by atoms with E-state index >= 15 is 0 Å². The number of aliphatic hydroxyl groups is 1. The minimum Gasteiger partial charge on any atom is -0.462 e. The summed E-state index contributed by atoms with van der Waals surface area (Å²) >= 11 is 0. The molecule has 0 aromatic heterocycles. The van der Waals surface area contributed by atoms with Gasteiger partial charge in [-0.1, -0.05) is 55.3 Å². The first kappa shape index (κ1) is 31.6. The Morgan fingerprint density at radius 3 is 2.31 bits per heavy atom. The maximum Gasteiger partial charge on any atom is 0.408 e. The first-order chi connectivity index (χ1) is 18.7. The first-order valence-electron chi connectivity index (χ1n) is 13.3. The summed E-state index contributed by atoms with van der Waals surface area (Å²) < 4.78 is 10.8. The van der Waals surface area contributed by atoms with E-state index in [4.69, 9.17) is 14.6 Å². The number of amides is 3. The number of allylic oxidation sites excluding steroid dienone is 1. The quantitative estimate of drug-likeness (QED) is 0.185. The molecular formula is C29H41N3O7. The molecule has 0 bridgehead atoms. The highest BCUT2D eigenvalue weighted by molar-refractivity contribution is 5.86. The van der Waals surface area contributed by atoms with Crippen LogP contribution in [0.5, 0.6) is 0 Å². The molecule has 0 unspecified atom stereocenters. The van der Waals surface area contributed by atoms with Gasteiger partial charge in [-0.05, 0) is 38.2 Å². The van der Waals surface area contributed by atoms with Gasteiger partial charge in [0.15, 0.2) is 0 Å². The van der Waals surface area contributed by atoms with Gasteiger partial charge in [0, 0.05) is 12.5 Å². The smallest absolute Gasteiger partial charge is 0.408 e. The number of hydrogen-bond acceptors (Lipinski definition) is 7. The Bertz CT molecular complexity index is 976. The van der Waals surface area contributed by atoms with E-state index in [2.05, 4.69) is 29.1 Å². The van der Waals surface area contributed by atoms with Crippen molar-refractivity contribution in [3.05, 3.63) is 61.2 Å². The zero-order chi connectivity index (χ0) is 28.7. The lowest BCUT2D eigenvalue weighted by atomic mass is 9.94. The average molecular weight is 544 g/mol. The zero-order valence-electron chi connectivity index (χ0n) is 22.7. The minimum atomic E-state index is -0.995. The van der Waals surface area contributed by atoms with Crippen molar-refractivity contribution in [1.82, 2.24) is 16.0 Å².